The Morgan fingerprint density at radius 3 is 2.50 bits per heavy atom. The summed E-state index contributed by atoms with van der Waals surface area (Å²) >= 11 is 0. The van der Waals surface area contributed by atoms with Gasteiger partial charge in [0.15, 0.2) is 0 Å². The normalized spacial score (nSPS) is 17.1. The molecule has 0 unspecified atom stereocenters. The van der Waals surface area contributed by atoms with Gasteiger partial charge in [0.05, 0.1) is 0 Å². The Morgan fingerprint density at radius 2 is 1.94 bits per heavy atom. The van der Waals surface area contributed by atoms with Crippen molar-refractivity contribution in [3.05, 3.63) is 0 Å². The Morgan fingerprint density at radius 1 is 1.28 bits per heavy atom. The third-order valence-corrected chi connectivity index (χ3v) is 3.59. The third kappa shape index (κ3) is 3.35. The molecule has 1 heterocycles. The molecular formula is C12H23N3O3. The van der Waals surface area contributed by atoms with Crippen LogP contribution in [0.25, 0.3) is 0 Å². The van der Waals surface area contributed by atoms with Crippen LogP contribution in [0.15, 0.2) is 0 Å². The maximum Gasteiger partial charge on any atom is 0.329 e. The first-order valence-electron chi connectivity index (χ1n) is 6.57. The molecule has 0 aromatic rings. The molecule has 6 nitrogen and oxygen atoms in total. The minimum atomic E-state index is -1.14. The van der Waals surface area contributed by atoms with Crippen molar-refractivity contribution < 1.29 is 14.7 Å². The molecule has 0 bridgehead atoms. The highest BCUT2D eigenvalue weighted by molar-refractivity contribution is 5.86. The van der Waals surface area contributed by atoms with E-state index in [9.17, 15) is 14.7 Å². The van der Waals surface area contributed by atoms with Gasteiger partial charge in [-0.2, -0.15) is 0 Å². The average molecular weight is 257 g/mol. The molecule has 0 atom stereocenters. The molecule has 0 aromatic carbocycles. The minimum Gasteiger partial charge on any atom is -0.480 e. The predicted molar refractivity (Wildman–Crippen MR) is 68.5 cm³/mol. The van der Waals surface area contributed by atoms with Crippen molar-refractivity contribution in [3.63, 3.8) is 0 Å². The van der Waals surface area contributed by atoms with Crippen LogP contribution in [0.1, 0.15) is 33.1 Å². The van der Waals surface area contributed by atoms with E-state index >= 15 is 0 Å². The number of nitrogens with zero attached hydrogens (tertiary/aromatic N) is 1. The zero-order chi connectivity index (χ0) is 13.6. The molecule has 1 aliphatic heterocycles. The molecule has 1 fully saturated rings. The number of nitrogens with one attached hydrogen (secondary N) is 2. The van der Waals surface area contributed by atoms with Gasteiger partial charge in [0.25, 0.3) is 0 Å². The fraction of sp³-hybridized carbons (Fsp3) is 0.833. The lowest BCUT2D eigenvalue weighted by Crippen LogP contribution is -2.57. The minimum absolute atomic E-state index is 0.273. The Hall–Kier alpha value is -1.30. The SMILES string of the molecule is CCC(CC)(NC(=O)N1CCCNCC1)C(=O)O. The lowest BCUT2D eigenvalue weighted by atomic mass is 9.93. The second kappa shape index (κ2) is 6.58. The maximum absolute atomic E-state index is 12.1. The van der Waals surface area contributed by atoms with E-state index in [0.717, 1.165) is 19.5 Å². The van der Waals surface area contributed by atoms with Gasteiger partial charge in [-0.3, -0.25) is 0 Å². The molecular weight excluding hydrogens is 234 g/mol. The van der Waals surface area contributed by atoms with E-state index in [1.807, 2.05) is 0 Å². The summed E-state index contributed by atoms with van der Waals surface area (Å²) in [6.45, 7) is 6.50. The highest BCUT2D eigenvalue weighted by Crippen LogP contribution is 2.16. The van der Waals surface area contributed by atoms with Gasteiger partial charge < -0.3 is 20.6 Å². The summed E-state index contributed by atoms with van der Waals surface area (Å²) in [6.07, 6.45) is 1.67. The van der Waals surface area contributed by atoms with Crippen LogP contribution in [0.2, 0.25) is 0 Å². The first-order valence-corrected chi connectivity index (χ1v) is 6.57. The Kier molecular flexibility index (Phi) is 5.40. The largest absolute Gasteiger partial charge is 0.480 e. The Labute approximate surface area is 108 Å². The van der Waals surface area contributed by atoms with Crippen LogP contribution in [-0.4, -0.2) is 53.7 Å². The van der Waals surface area contributed by atoms with Gasteiger partial charge in [-0.05, 0) is 25.8 Å². The predicted octanol–water partition coefficient (Wildman–Crippen LogP) is 0.635. The molecule has 3 N–H and O–H groups in total. The van der Waals surface area contributed by atoms with Crippen molar-refractivity contribution in [2.75, 3.05) is 26.2 Å². The van der Waals surface area contributed by atoms with Gasteiger partial charge in [0.2, 0.25) is 0 Å². The first-order chi connectivity index (χ1) is 8.55. The number of carbonyl (C=O) groups excluding carboxylic acids is 1. The second-order valence-corrected chi connectivity index (χ2v) is 4.62. The number of carbonyl (C=O) groups is 2. The van der Waals surface area contributed by atoms with Gasteiger partial charge >= 0.3 is 12.0 Å². The number of hydrogen-bond acceptors (Lipinski definition) is 3. The van der Waals surface area contributed by atoms with Gasteiger partial charge in [0, 0.05) is 19.6 Å². The molecule has 2 amide bonds. The van der Waals surface area contributed by atoms with Crippen LogP contribution in [-0.2, 0) is 4.79 Å². The summed E-state index contributed by atoms with van der Waals surface area (Å²) in [5.74, 6) is -0.964. The molecule has 1 saturated heterocycles. The topological polar surface area (TPSA) is 81.7 Å². The van der Waals surface area contributed by atoms with E-state index in [-0.39, 0.29) is 6.03 Å². The van der Waals surface area contributed by atoms with E-state index in [2.05, 4.69) is 10.6 Å². The Bertz CT molecular complexity index is 295. The molecule has 0 saturated carbocycles. The zero-order valence-corrected chi connectivity index (χ0v) is 11.2. The summed E-state index contributed by atoms with van der Waals surface area (Å²) < 4.78 is 0. The quantitative estimate of drug-likeness (QED) is 0.690. The molecule has 18 heavy (non-hydrogen) atoms. The fourth-order valence-corrected chi connectivity index (χ4v) is 2.12. The zero-order valence-electron chi connectivity index (χ0n) is 11.2. The van der Waals surface area contributed by atoms with Gasteiger partial charge in [0.1, 0.15) is 5.54 Å². The summed E-state index contributed by atoms with van der Waals surface area (Å²) in [7, 11) is 0. The van der Waals surface area contributed by atoms with Crippen LogP contribution < -0.4 is 10.6 Å². The fourth-order valence-electron chi connectivity index (χ4n) is 2.12. The van der Waals surface area contributed by atoms with Crippen LogP contribution in [0.3, 0.4) is 0 Å². The number of aliphatic carboxylic acids is 1. The Balaban J connectivity index is 2.68. The highest BCUT2D eigenvalue weighted by atomic mass is 16.4. The molecule has 104 valence electrons. The van der Waals surface area contributed by atoms with E-state index in [1.165, 1.54) is 0 Å². The number of carboxylic acids is 1. The van der Waals surface area contributed by atoms with Crippen molar-refractivity contribution in [1.29, 1.82) is 0 Å². The summed E-state index contributed by atoms with van der Waals surface area (Å²) in [5, 5.41) is 15.2. The molecule has 0 aromatic heterocycles. The number of hydrogen-bond donors (Lipinski definition) is 3. The molecule has 0 spiro atoms. The summed E-state index contributed by atoms with van der Waals surface area (Å²) in [5.41, 5.74) is -1.14. The molecule has 1 rings (SSSR count). The second-order valence-electron chi connectivity index (χ2n) is 4.62. The number of carboxylic acid groups (broad SMARTS) is 1. The van der Waals surface area contributed by atoms with Crippen LogP contribution in [0.4, 0.5) is 4.79 Å². The van der Waals surface area contributed by atoms with E-state index in [0.29, 0.717) is 25.9 Å². The summed E-state index contributed by atoms with van der Waals surface area (Å²) in [6, 6.07) is -0.273. The molecule has 6 heteroatoms. The first kappa shape index (κ1) is 14.8. The third-order valence-electron chi connectivity index (χ3n) is 3.59. The smallest absolute Gasteiger partial charge is 0.329 e. The monoisotopic (exact) mass is 257 g/mol. The standard InChI is InChI=1S/C12H23N3O3/c1-3-12(4-2,10(16)17)14-11(18)15-8-5-6-13-7-9-15/h13H,3-9H2,1-2H3,(H,14,18)(H,16,17). The van der Waals surface area contributed by atoms with E-state index in [4.69, 9.17) is 0 Å². The van der Waals surface area contributed by atoms with Crippen molar-refractivity contribution in [2.45, 2.75) is 38.6 Å². The van der Waals surface area contributed by atoms with E-state index < -0.39 is 11.5 Å². The van der Waals surface area contributed by atoms with Crippen molar-refractivity contribution in [2.24, 2.45) is 0 Å². The number of rotatable bonds is 4. The van der Waals surface area contributed by atoms with Crippen molar-refractivity contribution in [3.8, 4) is 0 Å². The van der Waals surface area contributed by atoms with Gasteiger partial charge in [-0.25, -0.2) is 9.59 Å². The maximum atomic E-state index is 12.1. The molecule has 1 aliphatic rings. The van der Waals surface area contributed by atoms with E-state index in [1.54, 1.807) is 18.7 Å². The van der Waals surface area contributed by atoms with Crippen LogP contribution in [0, 0.1) is 0 Å². The van der Waals surface area contributed by atoms with Gasteiger partial charge in [-0.1, -0.05) is 13.8 Å². The lowest BCUT2D eigenvalue weighted by molar-refractivity contribution is -0.144. The van der Waals surface area contributed by atoms with Crippen LogP contribution >= 0.6 is 0 Å². The number of amides is 2. The van der Waals surface area contributed by atoms with Crippen molar-refractivity contribution in [1.82, 2.24) is 15.5 Å². The van der Waals surface area contributed by atoms with Crippen molar-refractivity contribution >= 4 is 12.0 Å². The van der Waals surface area contributed by atoms with Crippen LogP contribution in [0.5, 0.6) is 0 Å². The lowest BCUT2D eigenvalue weighted by Gasteiger charge is -2.31. The highest BCUT2D eigenvalue weighted by Gasteiger charge is 2.37. The number of urea groups is 1. The summed E-state index contributed by atoms with van der Waals surface area (Å²) in [4.78, 5) is 25.1. The van der Waals surface area contributed by atoms with Gasteiger partial charge in [-0.15, -0.1) is 0 Å². The molecule has 0 radical (unpaired) electrons. The molecule has 0 aliphatic carbocycles. The average Bonchev–Trinajstić information content (AvgIpc) is 2.64.